The molecule has 0 saturated carbocycles. The summed E-state index contributed by atoms with van der Waals surface area (Å²) in [4.78, 5) is 4.84. The van der Waals surface area contributed by atoms with Crippen LogP contribution in [0.5, 0.6) is 0 Å². The van der Waals surface area contributed by atoms with Crippen molar-refractivity contribution in [2.75, 3.05) is 12.8 Å². The Morgan fingerprint density at radius 1 is 1.45 bits per heavy atom. The molecule has 0 unspecified atom stereocenters. The Morgan fingerprint density at radius 2 is 2.15 bits per heavy atom. The predicted molar refractivity (Wildman–Crippen MR) is 76.3 cm³/mol. The van der Waals surface area contributed by atoms with Gasteiger partial charge in [-0.2, -0.15) is 4.31 Å². The van der Waals surface area contributed by atoms with Crippen LogP contribution in [0.4, 0.5) is 10.1 Å². The van der Waals surface area contributed by atoms with Gasteiger partial charge in [0.2, 0.25) is 10.0 Å². The molecule has 108 valence electrons. The number of benzene rings is 1. The molecule has 0 bridgehead atoms. The highest BCUT2D eigenvalue weighted by Gasteiger charge is 2.24. The van der Waals surface area contributed by atoms with Gasteiger partial charge < -0.3 is 5.73 Å². The molecule has 2 aromatic rings. The van der Waals surface area contributed by atoms with Gasteiger partial charge in [-0.3, -0.25) is 0 Å². The summed E-state index contributed by atoms with van der Waals surface area (Å²) in [5.41, 5.74) is 7.95. The monoisotopic (exact) mass is 315 g/mol. The molecule has 0 fully saturated rings. The number of thiazole rings is 1. The van der Waals surface area contributed by atoms with Crippen molar-refractivity contribution in [3.8, 4) is 0 Å². The minimum atomic E-state index is -3.76. The lowest BCUT2D eigenvalue weighted by atomic mass is 10.3. The van der Waals surface area contributed by atoms with E-state index in [1.807, 2.05) is 6.92 Å². The lowest BCUT2D eigenvalue weighted by molar-refractivity contribution is 0.469. The van der Waals surface area contributed by atoms with Crippen LogP contribution in [0.1, 0.15) is 10.6 Å². The van der Waals surface area contributed by atoms with Gasteiger partial charge in [0.25, 0.3) is 0 Å². The normalized spacial score (nSPS) is 12.0. The summed E-state index contributed by atoms with van der Waals surface area (Å²) < 4.78 is 39.0. The van der Waals surface area contributed by atoms with Crippen molar-refractivity contribution in [1.82, 2.24) is 9.29 Å². The summed E-state index contributed by atoms with van der Waals surface area (Å²) in [6, 6.07) is 3.25. The largest absolute Gasteiger partial charge is 0.398 e. The smallest absolute Gasteiger partial charge is 0.245 e. The van der Waals surface area contributed by atoms with Crippen molar-refractivity contribution in [3.63, 3.8) is 0 Å². The minimum absolute atomic E-state index is 0.0939. The van der Waals surface area contributed by atoms with Gasteiger partial charge in [0.05, 0.1) is 16.9 Å². The second kappa shape index (κ2) is 5.47. The van der Waals surface area contributed by atoms with Crippen molar-refractivity contribution in [1.29, 1.82) is 0 Å². The van der Waals surface area contributed by atoms with Crippen LogP contribution in [-0.4, -0.2) is 24.8 Å². The van der Waals surface area contributed by atoms with Gasteiger partial charge in [-0.05, 0) is 25.1 Å². The van der Waals surface area contributed by atoms with Gasteiger partial charge in [0, 0.05) is 18.5 Å². The maximum absolute atomic E-state index is 13.0. The number of hydrogen-bond acceptors (Lipinski definition) is 5. The van der Waals surface area contributed by atoms with Crippen LogP contribution in [0.15, 0.2) is 28.6 Å². The number of nitrogen functional groups attached to an aromatic ring is 1. The van der Waals surface area contributed by atoms with Crippen LogP contribution < -0.4 is 5.73 Å². The lowest BCUT2D eigenvalue weighted by Crippen LogP contribution is -2.27. The molecule has 1 aromatic heterocycles. The Kier molecular flexibility index (Phi) is 4.07. The topological polar surface area (TPSA) is 76.3 Å². The Morgan fingerprint density at radius 3 is 2.70 bits per heavy atom. The van der Waals surface area contributed by atoms with Crippen LogP contribution in [-0.2, 0) is 16.6 Å². The van der Waals surface area contributed by atoms with Gasteiger partial charge in [0.1, 0.15) is 10.7 Å². The molecule has 5 nitrogen and oxygen atoms in total. The molecule has 0 spiro atoms. The van der Waals surface area contributed by atoms with Crippen LogP contribution in [0.25, 0.3) is 0 Å². The van der Waals surface area contributed by atoms with Crippen LogP contribution in [0, 0.1) is 12.7 Å². The third kappa shape index (κ3) is 2.82. The first-order chi connectivity index (χ1) is 9.32. The number of anilines is 1. The van der Waals surface area contributed by atoms with E-state index in [2.05, 4.69) is 4.98 Å². The van der Waals surface area contributed by atoms with Gasteiger partial charge in [-0.25, -0.2) is 17.8 Å². The molecule has 20 heavy (non-hydrogen) atoms. The molecule has 0 atom stereocenters. The number of sulfonamides is 1. The first kappa shape index (κ1) is 14.9. The van der Waals surface area contributed by atoms with Crippen LogP contribution in [0.2, 0.25) is 0 Å². The van der Waals surface area contributed by atoms with Crippen molar-refractivity contribution in [2.45, 2.75) is 18.4 Å². The average Bonchev–Trinajstić information content (AvgIpc) is 2.74. The summed E-state index contributed by atoms with van der Waals surface area (Å²) in [6.45, 7) is 2.02. The van der Waals surface area contributed by atoms with Gasteiger partial charge >= 0.3 is 0 Å². The SMILES string of the molecule is Cc1ncsc1CN(C)S(=O)(=O)c1ccc(F)cc1N. The van der Waals surface area contributed by atoms with E-state index in [0.717, 1.165) is 22.7 Å². The second-order valence-electron chi connectivity index (χ2n) is 4.30. The van der Waals surface area contributed by atoms with E-state index in [4.69, 9.17) is 5.73 Å². The molecule has 0 amide bonds. The predicted octanol–water partition coefficient (Wildman–Crippen LogP) is 1.99. The number of aromatic nitrogens is 1. The zero-order chi connectivity index (χ0) is 14.9. The van der Waals surface area contributed by atoms with Crippen molar-refractivity contribution >= 4 is 27.0 Å². The van der Waals surface area contributed by atoms with E-state index in [1.165, 1.54) is 28.8 Å². The highest BCUT2D eigenvalue weighted by atomic mass is 32.2. The number of nitrogens with zero attached hydrogens (tertiary/aromatic N) is 2. The summed E-state index contributed by atoms with van der Waals surface area (Å²) in [5.74, 6) is -0.567. The fraction of sp³-hybridized carbons (Fsp3) is 0.250. The molecule has 2 N–H and O–H groups in total. The summed E-state index contributed by atoms with van der Waals surface area (Å²) in [5, 5.41) is 0. The van der Waals surface area contributed by atoms with Crippen molar-refractivity contribution < 1.29 is 12.8 Å². The van der Waals surface area contributed by atoms with Crippen molar-refractivity contribution in [2.24, 2.45) is 0 Å². The molecule has 0 aliphatic rings. The molecule has 8 heteroatoms. The highest BCUT2D eigenvalue weighted by Crippen LogP contribution is 2.24. The van der Waals surface area contributed by atoms with E-state index < -0.39 is 15.8 Å². The zero-order valence-corrected chi connectivity index (χ0v) is 12.6. The number of rotatable bonds is 4. The van der Waals surface area contributed by atoms with Gasteiger partial charge in [0.15, 0.2) is 0 Å². The van der Waals surface area contributed by atoms with Crippen molar-refractivity contribution in [3.05, 3.63) is 40.1 Å². The molecule has 0 radical (unpaired) electrons. The fourth-order valence-corrected chi connectivity index (χ4v) is 3.83. The standard InChI is InChI=1S/C12H14FN3O2S2/c1-8-11(19-7-15-8)6-16(2)20(17,18)12-4-3-9(13)5-10(12)14/h3-5,7H,6,14H2,1-2H3. The summed E-state index contributed by atoms with van der Waals surface area (Å²) >= 11 is 1.39. The van der Waals surface area contributed by atoms with E-state index in [0.29, 0.717) is 0 Å². The van der Waals surface area contributed by atoms with Crippen LogP contribution in [0.3, 0.4) is 0 Å². The molecule has 1 aromatic carbocycles. The number of halogens is 1. The Labute approximate surface area is 120 Å². The van der Waals surface area contributed by atoms with E-state index in [1.54, 1.807) is 5.51 Å². The molecular weight excluding hydrogens is 301 g/mol. The third-order valence-electron chi connectivity index (χ3n) is 2.87. The average molecular weight is 315 g/mol. The quantitative estimate of drug-likeness (QED) is 0.876. The summed E-state index contributed by atoms with van der Waals surface area (Å²) in [7, 11) is -2.30. The van der Waals surface area contributed by atoms with Gasteiger partial charge in [-0.15, -0.1) is 11.3 Å². The molecule has 0 saturated heterocycles. The first-order valence-corrected chi connectivity index (χ1v) is 8.04. The minimum Gasteiger partial charge on any atom is -0.398 e. The second-order valence-corrected chi connectivity index (χ2v) is 7.26. The third-order valence-corrected chi connectivity index (χ3v) is 5.67. The molecule has 0 aliphatic carbocycles. The number of hydrogen-bond donors (Lipinski definition) is 1. The van der Waals surface area contributed by atoms with E-state index >= 15 is 0 Å². The molecule has 2 rings (SSSR count). The molecule has 0 aliphatic heterocycles. The number of nitrogens with two attached hydrogens (primary N) is 1. The Balaban J connectivity index is 2.32. The molecular formula is C12H14FN3O2S2. The zero-order valence-electron chi connectivity index (χ0n) is 11.0. The molecule has 1 heterocycles. The lowest BCUT2D eigenvalue weighted by Gasteiger charge is -2.17. The Hall–Kier alpha value is -1.51. The van der Waals surface area contributed by atoms with Gasteiger partial charge in [-0.1, -0.05) is 0 Å². The first-order valence-electron chi connectivity index (χ1n) is 5.72. The highest BCUT2D eigenvalue weighted by molar-refractivity contribution is 7.89. The number of aryl methyl sites for hydroxylation is 1. The van der Waals surface area contributed by atoms with E-state index in [9.17, 15) is 12.8 Å². The maximum Gasteiger partial charge on any atom is 0.245 e. The Bertz CT molecular complexity index is 728. The fourth-order valence-electron chi connectivity index (χ4n) is 1.69. The summed E-state index contributed by atoms with van der Waals surface area (Å²) in [6.07, 6.45) is 0. The maximum atomic E-state index is 13.0. The van der Waals surface area contributed by atoms with E-state index in [-0.39, 0.29) is 17.1 Å². The van der Waals surface area contributed by atoms with Crippen LogP contribution >= 0.6 is 11.3 Å².